The summed E-state index contributed by atoms with van der Waals surface area (Å²) in [6.45, 7) is 2.92. The second-order valence-electron chi connectivity index (χ2n) is 5.90. The van der Waals surface area contributed by atoms with E-state index in [1.807, 2.05) is 0 Å². The Morgan fingerprint density at radius 2 is 2.42 bits per heavy atom. The van der Waals surface area contributed by atoms with Gasteiger partial charge in [0.15, 0.2) is 0 Å². The van der Waals surface area contributed by atoms with Crippen molar-refractivity contribution < 1.29 is 13.9 Å². The van der Waals surface area contributed by atoms with Crippen LogP contribution < -0.4 is 5.32 Å². The molecule has 1 aliphatic rings. The van der Waals surface area contributed by atoms with Gasteiger partial charge in [0.25, 0.3) is 0 Å². The largest absolute Gasteiger partial charge is 0.376 e. The van der Waals surface area contributed by atoms with Crippen LogP contribution in [0.2, 0.25) is 0 Å². The first-order valence-corrected chi connectivity index (χ1v) is 8.01. The lowest BCUT2D eigenvalue weighted by atomic mass is 10.0. The minimum Gasteiger partial charge on any atom is -0.376 e. The average Bonchev–Trinajstić information content (AvgIpc) is 3.22. The third-order valence-corrected chi connectivity index (χ3v) is 4.10. The Kier molecular flexibility index (Phi) is 5.14. The van der Waals surface area contributed by atoms with E-state index < -0.39 is 6.04 Å². The molecule has 2 aromatic rings. The van der Waals surface area contributed by atoms with Gasteiger partial charge in [-0.1, -0.05) is 12.1 Å². The van der Waals surface area contributed by atoms with Crippen molar-refractivity contribution in [3.8, 4) is 0 Å². The van der Waals surface area contributed by atoms with Gasteiger partial charge in [0.2, 0.25) is 5.91 Å². The monoisotopic (exact) mass is 333 g/mol. The second kappa shape index (κ2) is 7.48. The van der Waals surface area contributed by atoms with Gasteiger partial charge in [-0.15, -0.1) is 5.10 Å². The second-order valence-corrected chi connectivity index (χ2v) is 5.90. The minimum absolute atomic E-state index is 0.0544. The number of halogens is 1. The summed E-state index contributed by atoms with van der Waals surface area (Å²) < 4.78 is 20.4. The van der Waals surface area contributed by atoms with E-state index in [1.165, 1.54) is 16.8 Å². The Bertz CT molecular complexity index is 699. The third-order valence-electron chi connectivity index (χ3n) is 4.10. The predicted molar refractivity (Wildman–Crippen MR) is 83.7 cm³/mol. The molecule has 0 unspecified atom stereocenters. The number of amides is 1. The molecule has 1 fully saturated rings. The molecule has 2 atom stereocenters. The normalized spacial score (nSPS) is 18.5. The number of nitrogens with one attached hydrogen (secondary N) is 1. The van der Waals surface area contributed by atoms with Crippen LogP contribution in [0.1, 0.15) is 30.3 Å². The number of aromatic nitrogens is 4. The number of benzene rings is 1. The molecule has 0 spiro atoms. The zero-order chi connectivity index (χ0) is 16.9. The van der Waals surface area contributed by atoms with E-state index in [2.05, 4.69) is 20.8 Å². The first-order valence-electron chi connectivity index (χ1n) is 8.01. The van der Waals surface area contributed by atoms with Gasteiger partial charge in [-0.2, -0.15) is 0 Å². The zero-order valence-electron chi connectivity index (χ0n) is 13.5. The van der Waals surface area contributed by atoms with Crippen molar-refractivity contribution >= 4 is 5.91 Å². The van der Waals surface area contributed by atoms with Gasteiger partial charge in [0.1, 0.15) is 17.7 Å². The van der Waals surface area contributed by atoms with Crippen molar-refractivity contribution in [3.05, 3.63) is 41.5 Å². The molecule has 3 rings (SSSR count). The van der Waals surface area contributed by atoms with Gasteiger partial charge in [-0.3, -0.25) is 4.79 Å². The van der Waals surface area contributed by atoms with Crippen molar-refractivity contribution in [1.82, 2.24) is 25.5 Å². The molecule has 0 radical (unpaired) electrons. The topological polar surface area (TPSA) is 81.9 Å². The summed E-state index contributed by atoms with van der Waals surface area (Å²) in [6, 6.07) is 5.56. The number of carbonyl (C=O) groups excluding carboxylic acids is 1. The Balaban J connectivity index is 1.74. The molecule has 1 aliphatic heterocycles. The molecule has 7 nitrogen and oxygen atoms in total. The molecule has 1 N–H and O–H groups in total. The van der Waals surface area contributed by atoms with Crippen LogP contribution in [0.15, 0.2) is 24.3 Å². The molecule has 1 aromatic heterocycles. The van der Waals surface area contributed by atoms with Gasteiger partial charge in [0, 0.05) is 19.6 Å². The van der Waals surface area contributed by atoms with Crippen LogP contribution in [0.5, 0.6) is 0 Å². The van der Waals surface area contributed by atoms with Gasteiger partial charge in [-0.25, -0.2) is 9.07 Å². The average molecular weight is 333 g/mol. The molecular formula is C16H20FN5O2. The molecule has 2 heterocycles. The summed E-state index contributed by atoms with van der Waals surface area (Å²) in [5.41, 5.74) is 0.710. The first kappa shape index (κ1) is 16.5. The van der Waals surface area contributed by atoms with Crippen LogP contribution in [0.25, 0.3) is 0 Å². The van der Waals surface area contributed by atoms with Crippen LogP contribution >= 0.6 is 0 Å². The predicted octanol–water partition coefficient (Wildman–Crippen LogP) is 1.20. The fourth-order valence-corrected chi connectivity index (χ4v) is 2.84. The summed E-state index contributed by atoms with van der Waals surface area (Å²) in [6.07, 6.45) is 2.32. The number of rotatable bonds is 6. The SMILES string of the molecule is Cc1nnnn1[C@@H](Cc1cccc(F)c1)C(=O)NC[C@@H]1CCCO1. The molecule has 8 heteroatoms. The number of aryl methyl sites for hydroxylation is 1. The Morgan fingerprint density at radius 1 is 1.54 bits per heavy atom. The lowest BCUT2D eigenvalue weighted by Crippen LogP contribution is -2.38. The van der Waals surface area contributed by atoms with Crippen molar-refractivity contribution in [1.29, 1.82) is 0 Å². The van der Waals surface area contributed by atoms with E-state index in [1.54, 1.807) is 19.1 Å². The van der Waals surface area contributed by atoms with Crippen LogP contribution in [-0.2, 0) is 16.0 Å². The zero-order valence-corrected chi connectivity index (χ0v) is 13.5. The lowest BCUT2D eigenvalue weighted by molar-refractivity contribution is -0.125. The van der Waals surface area contributed by atoms with Crippen LogP contribution in [0, 0.1) is 12.7 Å². The summed E-state index contributed by atoms with van der Waals surface area (Å²) in [5, 5.41) is 14.3. The van der Waals surface area contributed by atoms with E-state index in [4.69, 9.17) is 4.74 Å². The number of nitrogens with zero attached hydrogens (tertiary/aromatic N) is 4. The highest BCUT2D eigenvalue weighted by atomic mass is 19.1. The first-order chi connectivity index (χ1) is 11.6. The number of hydrogen-bond acceptors (Lipinski definition) is 5. The highest BCUT2D eigenvalue weighted by molar-refractivity contribution is 5.80. The summed E-state index contributed by atoms with van der Waals surface area (Å²) in [7, 11) is 0. The van der Waals surface area contributed by atoms with Crippen molar-refractivity contribution in [3.63, 3.8) is 0 Å². The van der Waals surface area contributed by atoms with E-state index >= 15 is 0 Å². The van der Waals surface area contributed by atoms with Gasteiger partial charge >= 0.3 is 0 Å². The fraction of sp³-hybridized carbons (Fsp3) is 0.500. The molecule has 0 saturated carbocycles. The maximum Gasteiger partial charge on any atom is 0.245 e. The Labute approximate surface area is 139 Å². The number of carbonyl (C=O) groups is 1. The summed E-state index contributed by atoms with van der Waals surface area (Å²) in [5.74, 6) is -0.00622. The highest BCUT2D eigenvalue weighted by Gasteiger charge is 2.25. The van der Waals surface area contributed by atoms with Gasteiger partial charge in [0.05, 0.1) is 6.10 Å². The molecule has 0 bridgehead atoms. The van der Waals surface area contributed by atoms with Crippen LogP contribution in [0.4, 0.5) is 4.39 Å². The van der Waals surface area contributed by atoms with Gasteiger partial charge < -0.3 is 10.1 Å². The maximum atomic E-state index is 13.4. The Hall–Kier alpha value is -2.35. The number of tetrazole rings is 1. The molecule has 1 saturated heterocycles. The van der Waals surface area contributed by atoms with Crippen molar-refractivity contribution in [2.24, 2.45) is 0 Å². The quantitative estimate of drug-likeness (QED) is 0.859. The van der Waals surface area contributed by atoms with Crippen LogP contribution in [0.3, 0.4) is 0 Å². The number of ether oxygens (including phenoxy) is 1. The van der Waals surface area contributed by atoms with E-state index in [-0.39, 0.29) is 17.8 Å². The smallest absolute Gasteiger partial charge is 0.245 e. The molecule has 128 valence electrons. The van der Waals surface area contributed by atoms with Gasteiger partial charge in [-0.05, 0) is 47.9 Å². The van der Waals surface area contributed by atoms with Crippen LogP contribution in [-0.4, -0.2) is 45.4 Å². The van der Waals surface area contributed by atoms with E-state index in [0.717, 1.165) is 19.4 Å². The summed E-state index contributed by atoms with van der Waals surface area (Å²) in [4.78, 5) is 12.7. The number of hydrogen-bond donors (Lipinski definition) is 1. The molecule has 1 aromatic carbocycles. The maximum absolute atomic E-state index is 13.4. The molecular weight excluding hydrogens is 313 g/mol. The third kappa shape index (κ3) is 3.94. The Morgan fingerprint density at radius 3 is 3.08 bits per heavy atom. The van der Waals surface area contributed by atoms with Crippen molar-refractivity contribution in [2.45, 2.75) is 38.3 Å². The van der Waals surface area contributed by atoms with E-state index in [0.29, 0.717) is 24.4 Å². The molecule has 0 aliphatic carbocycles. The standard InChI is InChI=1S/C16H20FN5O2/c1-11-19-20-21-22(11)15(9-12-4-2-5-13(17)8-12)16(23)18-10-14-6-3-7-24-14/h2,4-5,8,14-15H,3,6-7,9-10H2,1H3,(H,18,23)/t14-,15-/m0/s1. The lowest BCUT2D eigenvalue weighted by Gasteiger charge is -2.19. The van der Waals surface area contributed by atoms with Crippen molar-refractivity contribution in [2.75, 3.05) is 13.2 Å². The summed E-state index contributed by atoms with van der Waals surface area (Å²) >= 11 is 0. The molecule has 24 heavy (non-hydrogen) atoms. The van der Waals surface area contributed by atoms with E-state index in [9.17, 15) is 9.18 Å². The fourth-order valence-electron chi connectivity index (χ4n) is 2.84. The molecule has 1 amide bonds. The highest BCUT2D eigenvalue weighted by Crippen LogP contribution is 2.17. The minimum atomic E-state index is -0.636.